The maximum absolute atomic E-state index is 4.56. The van der Waals surface area contributed by atoms with Gasteiger partial charge in [0.25, 0.3) is 0 Å². The third kappa shape index (κ3) is 48.2. The second-order valence-corrected chi connectivity index (χ2v) is 23.9. The molecule has 0 aliphatic rings. The van der Waals surface area contributed by atoms with Crippen molar-refractivity contribution in [3.05, 3.63) is 94.7 Å². The Kier molecular flexibility index (Phi) is 76.2. The maximum Gasteiger partial charge on any atom is 0.181 e. The largest absolute Gasteiger partial charge is 0.342 e. The molecule has 0 atom stereocenters. The second kappa shape index (κ2) is 68.3. The van der Waals surface area contributed by atoms with Crippen LogP contribution >= 0.6 is 0 Å². The van der Waals surface area contributed by atoms with Crippen molar-refractivity contribution < 1.29 is 0 Å². The van der Waals surface area contributed by atoms with E-state index in [1.807, 2.05) is 67.8 Å². The molecule has 0 aliphatic heterocycles. The van der Waals surface area contributed by atoms with E-state index in [0.29, 0.717) is 47.3 Å². The van der Waals surface area contributed by atoms with Gasteiger partial charge in [0.2, 0.25) is 0 Å². The number of hydrogen-bond acceptors (Lipinski definition) is 8. The molecule has 0 unspecified atom stereocenters. The Labute approximate surface area is 571 Å². The van der Waals surface area contributed by atoms with Gasteiger partial charge in [-0.05, 0) is 59.2 Å². The van der Waals surface area contributed by atoms with E-state index in [2.05, 4.69) is 318 Å². The first-order valence-corrected chi connectivity index (χ1v) is 37.1. The number of pyridine rings is 2. The summed E-state index contributed by atoms with van der Waals surface area (Å²) in [6.45, 7) is 84.2. The average Bonchev–Trinajstić information content (AvgIpc) is 1.81. The fourth-order valence-corrected chi connectivity index (χ4v) is 6.12. The molecule has 0 saturated heterocycles. The first-order chi connectivity index (χ1) is 43.6. The van der Waals surface area contributed by atoms with E-state index in [1.165, 1.54) is 62.5 Å². The van der Waals surface area contributed by atoms with E-state index < -0.39 is 0 Å². The number of hydrogen-bond donors (Lipinski definition) is 4. The van der Waals surface area contributed by atoms with Gasteiger partial charge in [0.05, 0.1) is 28.3 Å². The lowest BCUT2D eigenvalue weighted by Crippen LogP contribution is -1.96. The van der Waals surface area contributed by atoms with Crippen LogP contribution in [0.2, 0.25) is 0 Å². The highest BCUT2D eigenvalue weighted by molar-refractivity contribution is 5.76. The SMILES string of the molecule is CC.CC.CC.CC.CC(C)c1ccc2[nH]c(C(C)C)nc2n1.CC(C)c1ccc2nc(C(C)C)[nH]c2c1.CC(C)c1cnc2nc(C(C)C)[nH]c2c1.CC(C)c1ncc2[nH]c(C(C)C)nc2n1.CCC.CCC.CCC.CCC.CCC.CCC.CCC.CCC. The van der Waals surface area contributed by atoms with Gasteiger partial charge in [-0.3, -0.25) is 0 Å². The lowest BCUT2D eigenvalue weighted by Gasteiger charge is -2.03. The Bertz CT molecular complexity index is 2340. The molecular weight excluding hydrogens is 1130 g/mol. The Morgan fingerprint density at radius 1 is 0.272 bits per heavy atom. The van der Waals surface area contributed by atoms with Crippen LogP contribution < -0.4 is 0 Å². The molecular formula is C80H156N12. The molecule has 8 rings (SSSR count). The van der Waals surface area contributed by atoms with Gasteiger partial charge in [-0.1, -0.05) is 334 Å². The van der Waals surface area contributed by atoms with Crippen LogP contribution in [0.4, 0.5) is 0 Å². The smallest absolute Gasteiger partial charge is 0.181 e. The molecule has 0 bridgehead atoms. The Morgan fingerprint density at radius 2 is 0.598 bits per heavy atom. The first kappa shape index (κ1) is 103. The molecule has 92 heavy (non-hydrogen) atoms. The van der Waals surface area contributed by atoms with Gasteiger partial charge in [-0.25, -0.2) is 39.9 Å². The Hall–Kier alpha value is -5.52. The number of benzene rings is 1. The Morgan fingerprint density at radius 3 is 0.957 bits per heavy atom. The fourth-order valence-electron chi connectivity index (χ4n) is 6.12. The van der Waals surface area contributed by atoms with Crippen molar-refractivity contribution >= 4 is 44.5 Å². The monoisotopic (exact) mass is 1290 g/mol. The van der Waals surface area contributed by atoms with Crippen molar-refractivity contribution in [2.75, 3.05) is 0 Å². The van der Waals surface area contributed by atoms with Crippen molar-refractivity contribution in [2.45, 2.75) is 376 Å². The van der Waals surface area contributed by atoms with E-state index in [1.54, 1.807) is 0 Å². The minimum Gasteiger partial charge on any atom is -0.342 e. The molecule has 4 N–H and O–H groups in total. The van der Waals surface area contributed by atoms with Crippen molar-refractivity contribution in [1.82, 2.24) is 59.8 Å². The number of nitrogens with zero attached hydrogens (tertiary/aromatic N) is 8. The summed E-state index contributed by atoms with van der Waals surface area (Å²) in [6, 6.07) is 12.8. The van der Waals surface area contributed by atoms with Gasteiger partial charge in [0.1, 0.15) is 34.6 Å². The predicted octanol–water partition coefficient (Wildman–Crippen LogP) is 28.3. The molecule has 0 aliphatic carbocycles. The van der Waals surface area contributed by atoms with Crippen molar-refractivity contribution in [3.8, 4) is 0 Å². The van der Waals surface area contributed by atoms with Crippen LogP contribution in [0.15, 0.2) is 48.8 Å². The van der Waals surface area contributed by atoms with Crippen LogP contribution in [0, 0.1) is 0 Å². The summed E-state index contributed by atoms with van der Waals surface area (Å²) in [4.78, 5) is 48.8. The minimum absolute atomic E-state index is 0.341. The van der Waals surface area contributed by atoms with Crippen molar-refractivity contribution in [2.24, 2.45) is 0 Å². The maximum atomic E-state index is 4.56. The third-order valence-corrected chi connectivity index (χ3v) is 10.2. The van der Waals surface area contributed by atoms with E-state index in [-0.39, 0.29) is 0 Å². The molecule has 7 heterocycles. The fraction of sp³-hybridized carbons (Fsp3) is 0.700. The molecule has 0 spiro atoms. The highest BCUT2D eigenvalue weighted by Crippen LogP contribution is 2.24. The van der Waals surface area contributed by atoms with Crippen LogP contribution in [-0.4, -0.2) is 59.8 Å². The van der Waals surface area contributed by atoms with Crippen molar-refractivity contribution in [1.29, 1.82) is 0 Å². The second-order valence-electron chi connectivity index (χ2n) is 23.9. The quantitative estimate of drug-likeness (QED) is 0.117. The van der Waals surface area contributed by atoms with E-state index >= 15 is 0 Å². The highest BCUT2D eigenvalue weighted by Gasteiger charge is 2.13. The summed E-state index contributed by atoms with van der Waals surface area (Å²) in [7, 11) is 0. The predicted molar refractivity (Wildman–Crippen MR) is 421 cm³/mol. The minimum atomic E-state index is 0.341. The van der Waals surface area contributed by atoms with Gasteiger partial charge in [0, 0.05) is 41.5 Å². The molecule has 7 aromatic heterocycles. The van der Waals surface area contributed by atoms with Crippen LogP contribution in [0.5, 0.6) is 0 Å². The van der Waals surface area contributed by atoms with E-state index in [0.717, 1.165) is 79.3 Å². The zero-order valence-electron chi connectivity index (χ0n) is 68.5. The number of rotatable bonds is 8. The zero-order chi connectivity index (χ0) is 73.7. The van der Waals surface area contributed by atoms with Gasteiger partial charge in [0.15, 0.2) is 16.9 Å². The van der Waals surface area contributed by atoms with Crippen LogP contribution in [-0.2, 0) is 0 Å². The van der Waals surface area contributed by atoms with E-state index in [9.17, 15) is 0 Å². The number of imidazole rings is 4. The topological polar surface area (TPSA) is 166 Å². The van der Waals surface area contributed by atoms with Crippen LogP contribution in [0.3, 0.4) is 0 Å². The lowest BCUT2D eigenvalue weighted by atomic mass is 10.0. The molecule has 0 amide bonds. The third-order valence-electron chi connectivity index (χ3n) is 10.2. The number of aromatic nitrogens is 12. The average molecular weight is 1290 g/mol. The van der Waals surface area contributed by atoms with Gasteiger partial charge >= 0.3 is 0 Å². The van der Waals surface area contributed by atoms with Gasteiger partial charge < -0.3 is 19.9 Å². The summed E-state index contributed by atoms with van der Waals surface area (Å²) in [5.41, 5.74) is 11.4. The molecule has 1 aromatic carbocycles. The van der Waals surface area contributed by atoms with E-state index in [4.69, 9.17) is 0 Å². The van der Waals surface area contributed by atoms with Gasteiger partial charge in [-0.2, -0.15) is 0 Å². The summed E-state index contributed by atoms with van der Waals surface area (Å²) in [5, 5.41) is 0. The highest BCUT2D eigenvalue weighted by atomic mass is 15.0. The van der Waals surface area contributed by atoms with Gasteiger partial charge in [-0.15, -0.1) is 0 Å². The summed E-state index contributed by atoms with van der Waals surface area (Å²) in [5.74, 6) is 8.48. The first-order valence-electron chi connectivity index (χ1n) is 37.1. The number of fused-ring (bicyclic) bond motifs is 4. The zero-order valence-corrected chi connectivity index (χ0v) is 68.5. The molecule has 536 valence electrons. The standard InChI is InChI=1S/C13H18N2.2C12H17N3.C11H16N4.8C3H8.4C2H6/c1-8(2)10-5-6-11-12(7-10)15-13(14-11)9(3)4;1-7(2)9-5-10-12(13-6-9)15-11(14-10)8(3)4;1-7(2)9-5-6-10-12(13-9)15-11(14-10)8(3)4;1-6(2)9-12-5-8-11(14-9)15-10(13-8)7(3)4;8*1-3-2;4*1-2/h5-9H,1-4H3,(H,14,15);2*5-8H,1-4H3,(H,13,14,15);5-7H,1-4H3,(H,12,13,14,15);8*3H2,1-2H3;4*1-2H3. The van der Waals surface area contributed by atoms with Crippen molar-refractivity contribution in [3.63, 3.8) is 0 Å². The Balaban J connectivity index is -0.000000148. The summed E-state index contributed by atoms with van der Waals surface area (Å²) < 4.78 is 0. The normalized spacial score (nSPS) is 9.57. The molecule has 12 nitrogen and oxygen atoms in total. The lowest BCUT2D eigenvalue weighted by molar-refractivity contribution is 0.779. The van der Waals surface area contributed by atoms with Crippen LogP contribution in [0.1, 0.15) is 422 Å². The number of aromatic amines is 4. The molecule has 0 fully saturated rings. The summed E-state index contributed by atoms with van der Waals surface area (Å²) >= 11 is 0. The van der Waals surface area contributed by atoms with Crippen LogP contribution in [0.25, 0.3) is 44.5 Å². The molecule has 0 radical (unpaired) electrons. The number of nitrogens with one attached hydrogen (secondary N) is 4. The molecule has 8 aromatic rings. The summed E-state index contributed by atoms with van der Waals surface area (Å²) in [6.07, 6.45) is 13.7. The number of H-pyrrole nitrogens is 4. The molecule has 0 saturated carbocycles. The molecule has 12 heteroatoms.